The van der Waals surface area contributed by atoms with Gasteiger partial charge < -0.3 is 34.2 Å². The van der Waals surface area contributed by atoms with Crippen LogP contribution >= 0.6 is 15.6 Å². The average Bonchev–Trinajstić information content (AvgIpc) is 0.898. The molecule has 0 amide bonds. The maximum atomic E-state index is 13.1. The van der Waals surface area contributed by atoms with Gasteiger partial charge in [0.25, 0.3) is 0 Å². The standard InChI is InChI=1S/C109H188O16P2/c1-4-7-10-13-16-19-22-25-28-31-34-37-40-43-46-48-49-50-51-52-53-55-58-59-62-65-68-71-74-77-80-83-86-89-92-95-107(112)119-98-104(110)99-121-126(115,116)122-100-105(111)101-123-127(117,118)124-103-106(125-109(114)97-94-91-88-85-82-79-76-73-70-67-64-61-56-45-42-39-36-33-30-27-24-21-18-15-12-9-6-3)102-120-108(113)96-93-90-87-84-81-78-75-72-69-66-63-60-57-54-47-44-41-38-35-32-29-26-23-20-17-14-11-8-5-2/h7-8,10-11,16-21,25-30,34-39,43-47,56,104-106,110-111H,4-6,9,12-15,22-24,31-33,40-42,48-55,57-103H2,1-3H3,(H,115,116)(H,117,118)/b10-7-,11-8-,19-16-,20-17-,21-18-,28-25-,29-26-,30-27-,37-34-,38-35-,39-36-,46-43-,47-44-,56-45-. The second kappa shape index (κ2) is 99.9. The third kappa shape index (κ3) is 101. The van der Waals surface area contributed by atoms with Crippen LogP contribution in [0.25, 0.3) is 0 Å². The molecule has 0 bridgehead atoms. The van der Waals surface area contributed by atoms with Crippen LogP contribution in [0.5, 0.6) is 0 Å². The van der Waals surface area contributed by atoms with Gasteiger partial charge in [0.05, 0.1) is 26.4 Å². The summed E-state index contributed by atoms with van der Waals surface area (Å²) in [7, 11) is -9.82. The molecule has 18 heteroatoms. The van der Waals surface area contributed by atoms with Gasteiger partial charge in [0.15, 0.2) is 6.10 Å². The number of ether oxygens (including phenoxy) is 3. The van der Waals surface area contributed by atoms with Crippen LogP contribution in [0.2, 0.25) is 0 Å². The van der Waals surface area contributed by atoms with Gasteiger partial charge in [0, 0.05) is 19.3 Å². The van der Waals surface area contributed by atoms with Gasteiger partial charge in [-0.05, 0) is 154 Å². The van der Waals surface area contributed by atoms with Gasteiger partial charge in [-0.25, -0.2) is 9.13 Å². The van der Waals surface area contributed by atoms with E-state index >= 15 is 0 Å². The predicted octanol–water partition coefficient (Wildman–Crippen LogP) is 32.6. The molecule has 0 aliphatic heterocycles. The van der Waals surface area contributed by atoms with Crippen LogP contribution in [0.4, 0.5) is 0 Å². The van der Waals surface area contributed by atoms with Gasteiger partial charge in [-0.3, -0.25) is 32.5 Å². The first kappa shape index (κ1) is 122. The number of phosphoric acid groups is 2. The molecule has 0 aromatic heterocycles. The lowest BCUT2D eigenvalue weighted by Gasteiger charge is -2.21. The molecule has 730 valence electrons. The normalized spacial score (nSPS) is 14.4. The van der Waals surface area contributed by atoms with Crippen LogP contribution in [0.3, 0.4) is 0 Å². The molecule has 0 saturated carbocycles. The van der Waals surface area contributed by atoms with E-state index in [4.69, 9.17) is 32.3 Å². The third-order valence-corrected chi connectivity index (χ3v) is 23.8. The number of aliphatic hydroxyl groups excluding tert-OH is 2. The third-order valence-electron chi connectivity index (χ3n) is 21.9. The van der Waals surface area contributed by atoms with Gasteiger partial charge in [0.1, 0.15) is 25.4 Å². The summed E-state index contributed by atoms with van der Waals surface area (Å²) in [6.07, 6.45) is 131. The molecule has 0 rings (SSSR count). The molecule has 0 saturated heterocycles. The van der Waals surface area contributed by atoms with Crippen molar-refractivity contribution in [3.8, 4) is 0 Å². The number of hydrogen-bond acceptors (Lipinski definition) is 14. The highest BCUT2D eigenvalue weighted by molar-refractivity contribution is 7.47. The van der Waals surface area contributed by atoms with E-state index in [0.29, 0.717) is 19.3 Å². The van der Waals surface area contributed by atoms with E-state index in [0.717, 1.165) is 167 Å². The van der Waals surface area contributed by atoms with Crippen molar-refractivity contribution < 1.29 is 75.8 Å². The average molecular weight is 1820 g/mol. The maximum Gasteiger partial charge on any atom is 0.472 e. The summed E-state index contributed by atoms with van der Waals surface area (Å²) in [4.78, 5) is 59.2. The summed E-state index contributed by atoms with van der Waals surface area (Å²) < 4.78 is 61.7. The Morgan fingerprint density at radius 3 is 0.661 bits per heavy atom. The van der Waals surface area contributed by atoms with E-state index in [9.17, 15) is 43.5 Å². The molecule has 0 aliphatic rings. The number of carbonyl (C=O) groups is 3. The SMILES string of the molecule is CC/C=C\C/C=C\C/C=C\C/C=C\C/C=C\CCCCCCCCCCCCCCCCCCCCCC(=O)OCC(O)COP(=O)(O)OCC(O)COP(=O)(O)OCC(COC(=O)CCCCCCCCCCCCCCC/C=C\C/C=C\C/C=C\C/C=C\C/C=C\CC)OC(=O)CCCCCCCCCCCCC/C=C\C/C=C\C/C=C\C/C=C\CCCCC. The van der Waals surface area contributed by atoms with E-state index in [1.807, 2.05) is 0 Å². The van der Waals surface area contributed by atoms with Gasteiger partial charge >= 0.3 is 33.6 Å². The zero-order valence-electron chi connectivity index (χ0n) is 80.9. The summed E-state index contributed by atoms with van der Waals surface area (Å²) in [5.74, 6) is -1.56. The number of esters is 3. The Bertz CT molecular complexity index is 2990. The monoisotopic (exact) mass is 1820 g/mol. The summed E-state index contributed by atoms with van der Waals surface area (Å²) in [6, 6.07) is 0. The van der Waals surface area contributed by atoms with E-state index < -0.39 is 91.5 Å². The Balaban J connectivity index is 4.57. The molecule has 127 heavy (non-hydrogen) atoms. The number of rotatable bonds is 97. The molecule has 0 aliphatic carbocycles. The van der Waals surface area contributed by atoms with E-state index in [-0.39, 0.29) is 19.3 Å². The van der Waals surface area contributed by atoms with Crippen molar-refractivity contribution in [2.75, 3.05) is 39.6 Å². The molecular formula is C109H188O16P2. The molecule has 5 unspecified atom stereocenters. The number of carbonyl (C=O) groups excluding carboxylic acids is 3. The molecule has 0 fully saturated rings. The van der Waals surface area contributed by atoms with Crippen LogP contribution in [0.1, 0.15) is 445 Å². The van der Waals surface area contributed by atoms with Crippen LogP contribution < -0.4 is 0 Å². The Hall–Kier alpha value is -5.09. The maximum absolute atomic E-state index is 13.1. The number of hydrogen-bond donors (Lipinski definition) is 4. The van der Waals surface area contributed by atoms with Gasteiger partial charge in [0.2, 0.25) is 0 Å². The van der Waals surface area contributed by atoms with Crippen molar-refractivity contribution in [3.05, 3.63) is 170 Å². The van der Waals surface area contributed by atoms with Crippen molar-refractivity contribution in [3.63, 3.8) is 0 Å². The first-order valence-corrected chi connectivity index (χ1v) is 54.4. The van der Waals surface area contributed by atoms with Crippen molar-refractivity contribution in [1.29, 1.82) is 0 Å². The smallest absolute Gasteiger partial charge is 0.463 e. The summed E-state index contributed by atoms with van der Waals surface area (Å²) in [5, 5.41) is 20.8. The van der Waals surface area contributed by atoms with E-state index in [2.05, 4.69) is 191 Å². The summed E-state index contributed by atoms with van der Waals surface area (Å²) in [6.45, 7) is 2.50. The van der Waals surface area contributed by atoms with Crippen LogP contribution in [-0.2, 0) is 55.8 Å². The Morgan fingerprint density at radius 1 is 0.228 bits per heavy atom. The number of phosphoric ester groups is 2. The fraction of sp³-hybridized carbons (Fsp3) is 0.716. The first-order chi connectivity index (χ1) is 62.2. The van der Waals surface area contributed by atoms with Crippen molar-refractivity contribution in [2.24, 2.45) is 0 Å². The fourth-order valence-electron chi connectivity index (χ4n) is 14.2. The Morgan fingerprint density at radius 2 is 0.417 bits per heavy atom. The fourth-order valence-corrected chi connectivity index (χ4v) is 15.8. The quantitative estimate of drug-likeness (QED) is 0.0146. The number of unbranched alkanes of at least 4 members (excludes halogenated alkanes) is 46. The number of aliphatic hydroxyl groups is 2. The Kier molecular flexibility index (Phi) is 95.9. The minimum absolute atomic E-state index is 0.0981. The highest BCUT2D eigenvalue weighted by Gasteiger charge is 2.30. The lowest BCUT2D eigenvalue weighted by Crippen LogP contribution is -2.30. The highest BCUT2D eigenvalue weighted by atomic mass is 31.2. The second-order valence-corrected chi connectivity index (χ2v) is 37.1. The topological polar surface area (TPSA) is 231 Å². The minimum Gasteiger partial charge on any atom is -0.463 e. The lowest BCUT2D eigenvalue weighted by atomic mass is 10.0. The molecule has 4 N–H and O–H groups in total. The summed E-state index contributed by atoms with van der Waals surface area (Å²) >= 11 is 0. The predicted molar refractivity (Wildman–Crippen MR) is 537 cm³/mol. The largest absolute Gasteiger partial charge is 0.472 e. The van der Waals surface area contributed by atoms with Gasteiger partial charge in [-0.1, -0.05) is 441 Å². The minimum atomic E-state index is -4.95. The van der Waals surface area contributed by atoms with E-state index in [1.165, 1.54) is 218 Å². The molecule has 0 radical (unpaired) electrons. The van der Waals surface area contributed by atoms with Gasteiger partial charge in [-0.15, -0.1) is 0 Å². The van der Waals surface area contributed by atoms with E-state index in [1.54, 1.807) is 0 Å². The van der Waals surface area contributed by atoms with Gasteiger partial charge in [-0.2, -0.15) is 0 Å². The van der Waals surface area contributed by atoms with Crippen molar-refractivity contribution in [1.82, 2.24) is 0 Å². The molecule has 0 heterocycles. The molecule has 0 aromatic carbocycles. The zero-order chi connectivity index (χ0) is 92.1. The van der Waals surface area contributed by atoms with Crippen LogP contribution in [0.15, 0.2) is 170 Å². The van der Waals surface area contributed by atoms with Crippen LogP contribution in [0, 0.1) is 0 Å². The zero-order valence-corrected chi connectivity index (χ0v) is 82.7. The van der Waals surface area contributed by atoms with Crippen LogP contribution in [-0.4, -0.2) is 95.9 Å². The molecule has 0 aromatic rings. The number of allylic oxidation sites excluding steroid dienone is 28. The van der Waals surface area contributed by atoms with Crippen molar-refractivity contribution >= 4 is 33.6 Å². The summed E-state index contributed by atoms with van der Waals surface area (Å²) in [5.41, 5.74) is 0. The lowest BCUT2D eigenvalue weighted by molar-refractivity contribution is -0.161. The van der Waals surface area contributed by atoms with Crippen molar-refractivity contribution in [2.45, 2.75) is 463 Å². The molecular weight excluding hydrogens is 1630 g/mol. The first-order valence-electron chi connectivity index (χ1n) is 51.4. The highest BCUT2D eigenvalue weighted by Crippen LogP contribution is 2.45. The molecule has 5 atom stereocenters. The molecule has 0 spiro atoms. The molecule has 16 nitrogen and oxygen atoms in total. The Labute approximate surface area is 777 Å². The second-order valence-electron chi connectivity index (χ2n) is 34.2.